The van der Waals surface area contributed by atoms with Crippen molar-refractivity contribution in [2.75, 3.05) is 6.54 Å². The quantitative estimate of drug-likeness (QED) is 0.871. The number of hydrogen-bond donors (Lipinski definition) is 1. The minimum absolute atomic E-state index is 0.123. The lowest BCUT2D eigenvalue weighted by Crippen LogP contribution is -2.46. The number of aryl methyl sites for hydroxylation is 1. The van der Waals surface area contributed by atoms with E-state index in [9.17, 15) is 8.42 Å². The molecule has 2 heterocycles. The Kier molecular flexibility index (Phi) is 3.81. The van der Waals surface area contributed by atoms with Crippen molar-refractivity contribution < 1.29 is 8.42 Å². The molecule has 1 saturated carbocycles. The molecule has 0 radical (unpaired) electrons. The van der Waals surface area contributed by atoms with Crippen LogP contribution in [-0.4, -0.2) is 35.5 Å². The number of H-pyrrole nitrogens is 1. The highest BCUT2D eigenvalue weighted by atomic mass is 35.5. The Balaban J connectivity index is 1.98. The number of aromatic nitrogens is 2. The Labute approximate surface area is 124 Å². The predicted octanol–water partition coefficient (Wildman–Crippen LogP) is 2.41. The van der Waals surface area contributed by atoms with E-state index in [4.69, 9.17) is 11.6 Å². The molecule has 2 fully saturated rings. The molecule has 7 heteroatoms. The van der Waals surface area contributed by atoms with Crippen molar-refractivity contribution in [2.24, 2.45) is 5.92 Å². The van der Waals surface area contributed by atoms with Crippen LogP contribution in [0, 0.1) is 12.8 Å². The van der Waals surface area contributed by atoms with Gasteiger partial charge >= 0.3 is 0 Å². The van der Waals surface area contributed by atoms with Gasteiger partial charge in [-0.05, 0) is 38.5 Å². The van der Waals surface area contributed by atoms with E-state index >= 15 is 0 Å². The van der Waals surface area contributed by atoms with Gasteiger partial charge in [0.05, 0.1) is 5.88 Å². The van der Waals surface area contributed by atoms with E-state index in [0.717, 1.165) is 37.8 Å². The number of alkyl halides is 1. The number of fused-ring (bicyclic) bond motifs is 1. The average Bonchev–Trinajstić information content (AvgIpc) is 3.03. The van der Waals surface area contributed by atoms with Crippen LogP contribution in [0.4, 0.5) is 0 Å². The van der Waals surface area contributed by atoms with Crippen LogP contribution in [0.3, 0.4) is 0 Å². The molecule has 2 atom stereocenters. The Morgan fingerprint density at radius 3 is 2.85 bits per heavy atom. The fourth-order valence-corrected chi connectivity index (χ4v) is 5.95. The minimum Gasteiger partial charge on any atom is -0.281 e. The normalized spacial score (nSPS) is 27.7. The van der Waals surface area contributed by atoms with Crippen molar-refractivity contribution in [3.05, 3.63) is 11.3 Å². The molecule has 1 saturated heterocycles. The predicted molar refractivity (Wildman–Crippen MR) is 77.1 cm³/mol. The van der Waals surface area contributed by atoms with E-state index < -0.39 is 10.0 Å². The summed E-state index contributed by atoms with van der Waals surface area (Å²) in [4.78, 5) is 0. The molecule has 0 aromatic carbocycles. The van der Waals surface area contributed by atoms with Gasteiger partial charge in [-0.25, -0.2) is 8.42 Å². The summed E-state index contributed by atoms with van der Waals surface area (Å²) in [6, 6.07) is 0.161. The number of halogens is 1. The Bertz CT molecular complexity index is 599. The van der Waals surface area contributed by atoms with Crippen LogP contribution in [0.15, 0.2) is 5.03 Å². The maximum atomic E-state index is 12.9. The summed E-state index contributed by atoms with van der Waals surface area (Å²) in [6.45, 7) is 2.41. The SMILES string of the molecule is Cc1[nH]nc(S(=O)(=O)N2CCCC3CCCC32)c1CCl. The molecular weight excluding hydrogens is 298 g/mol. The first kappa shape index (κ1) is 14.4. The number of piperidine rings is 1. The molecule has 0 bridgehead atoms. The molecular formula is C13H20ClN3O2S. The molecule has 1 aliphatic carbocycles. The van der Waals surface area contributed by atoms with Gasteiger partial charge in [0.25, 0.3) is 10.0 Å². The molecule has 0 amide bonds. The van der Waals surface area contributed by atoms with E-state index in [0.29, 0.717) is 18.0 Å². The number of rotatable bonds is 3. The van der Waals surface area contributed by atoms with Crippen molar-refractivity contribution in [3.8, 4) is 0 Å². The van der Waals surface area contributed by atoms with Crippen LogP contribution in [0.25, 0.3) is 0 Å². The van der Waals surface area contributed by atoms with Gasteiger partial charge in [-0.1, -0.05) is 6.42 Å². The zero-order valence-corrected chi connectivity index (χ0v) is 13.2. The Morgan fingerprint density at radius 2 is 2.10 bits per heavy atom. The maximum absolute atomic E-state index is 12.9. The molecule has 5 nitrogen and oxygen atoms in total. The van der Waals surface area contributed by atoms with E-state index in [1.54, 1.807) is 11.2 Å². The van der Waals surface area contributed by atoms with Crippen molar-refractivity contribution in [1.82, 2.24) is 14.5 Å². The van der Waals surface area contributed by atoms with Gasteiger partial charge < -0.3 is 0 Å². The fraction of sp³-hybridized carbons (Fsp3) is 0.769. The Morgan fingerprint density at radius 1 is 1.35 bits per heavy atom. The zero-order chi connectivity index (χ0) is 14.3. The summed E-state index contributed by atoms with van der Waals surface area (Å²) in [5.41, 5.74) is 1.34. The van der Waals surface area contributed by atoms with Crippen LogP contribution in [0.2, 0.25) is 0 Å². The lowest BCUT2D eigenvalue weighted by molar-refractivity contribution is 0.201. The summed E-state index contributed by atoms with van der Waals surface area (Å²) >= 11 is 5.89. The fourth-order valence-electron chi connectivity index (χ4n) is 3.62. The highest BCUT2D eigenvalue weighted by Crippen LogP contribution is 2.39. The number of sulfonamides is 1. The van der Waals surface area contributed by atoms with E-state index in [-0.39, 0.29) is 16.9 Å². The van der Waals surface area contributed by atoms with Crippen LogP contribution < -0.4 is 0 Å². The number of nitrogens with one attached hydrogen (secondary N) is 1. The van der Waals surface area contributed by atoms with Gasteiger partial charge in [0, 0.05) is 23.8 Å². The first-order valence-corrected chi connectivity index (χ1v) is 9.15. The van der Waals surface area contributed by atoms with Crippen molar-refractivity contribution in [3.63, 3.8) is 0 Å². The van der Waals surface area contributed by atoms with Gasteiger partial charge in [-0.3, -0.25) is 5.10 Å². The lowest BCUT2D eigenvalue weighted by atomic mass is 9.94. The first-order valence-electron chi connectivity index (χ1n) is 7.17. The molecule has 1 N–H and O–H groups in total. The van der Waals surface area contributed by atoms with Crippen molar-refractivity contribution in [2.45, 2.75) is 56.0 Å². The van der Waals surface area contributed by atoms with Crippen molar-refractivity contribution >= 4 is 21.6 Å². The molecule has 112 valence electrons. The molecule has 1 aromatic rings. The Hall–Kier alpha value is -0.590. The molecule has 2 aliphatic rings. The van der Waals surface area contributed by atoms with E-state index in [1.165, 1.54) is 0 Å². The number of aromatic amines is 1. The molecule has 3 rings (SSSR count). The van der Waals surface area contributed by atoms with Crippen LogP contribution in [0.1, 0.15) is 43.4 Å². The topological polar surface area (TPSA) is 66.1 Å². The molecule has 2 unspecified atom stereocenters. The standard InChI is InChI=1S/C13H20ClN3O2S/c1-9-11(8-14)13(16-15-9)20(18,19)17-7-3-5-10-4-2-6-12(10)17/h10,12H,2-8H2,1H3,(H,15,16). The third-order valence-corrected chi connectivity index (χ3v) is 6.83. The highest BCUT2D eigenvalue weighted by molar-refractivity contribution is 7.89. The minimum atomic E-state index is -3.53. The van der Waals surface area contributed by atoms with Gasteiger partial charge in [-0.15, -0.1) is 11.6 Å². The van der Waals surface area contributed by atoms with Crippen molar-refractivity contribution in [1.29, 1.82) is 0 Å². The summed E-state index contributed by atoms with van der Waals surface area (Å²) in [7, 11) is -3.53. The van der Waals surface area contributed by atoms with Gasteiger partial charge in [0.2, 0.25) is 0 Å². The summed E-state index contributed by atoms with van der Waals surface area (Å²) in [5.74, 6) is 0.691. The average molecular weight is 318 g/mol. The van der Waals surface area contributed by atoms with Crippen LogP contribution in [-0.2, 0) is 15.9 Å². The number of nitrogens with zero attached hydrogens (tertiary/aromatic N) is 2. The molecule has 1 aliphatic heterocycles. The first-order chi connectivity index (χ1) is 9.55. The smallest absolute Gasteiger partial charge is 0.262 e. The van der Waals surface area contributed by atoms with Gasteiger partial charge in [0.15, 0.2) is 5.03 Å². The maximum Gasteiger partial charge on any atom is 0.262 e. The summed E-state index contributed by atoms with van der Waals surface area (Å²) in [5, 5.41) is 6.88. The zero-order valence-electron chi connectivity index (χ0n) is 11.6. The summed E-state index contributed by atoms with van der Waals surface area (Å²) in [6.07, 6.45) is 5.35. The molecule has 0 spiro atoms. The second-order valence-electron chi connectivity index (χ2n) is 5.78. The van der Waals surface area contributed by atoms with Gasteiger partial charge in [0.1, 0.15) is 0 Å². The molecule has 1 aromatic heterocycles. The highest BCUT2D eigenvalue weighted by Gasteiger charge is 2.42. The van der Waals surface area contributed by atoms with Crippen LogP contribution in [0.5, 0.6) is 0 Å². The lowest BCUT2D eigenvalue weighted by Gasteiger charge is -2.36. The largest absolute Gasteiger partial charge is 0.281 e. The second-order valence-corrected chi connectivity index (χ2v) is 7.86. The third kappa shape index (κ3) is 2.18. The number of hydrogen-bond acceptors (Lipinski definition) is 3. The van der Waals surface area contributed by atoms with E-state index in [2.05, 4.69) is 10.2 Å². The van der Waals surface area contributed by atoms with Crippen LogP contribution >= 0.6 is 11.6 Å². The third-order valence-electron chi connectivity index (χ3n) is 4.66. The van der Waals surface area contributed by atoms with E-state index in [1.807, 2.05) is 0 Å². The monoisotopic (exact) mass is 317 g/mol. The summed E-state index contributed by atoms with van der Waals surface area (Å²) < 4.78 is 27.5. The van der Waals surface area contributed by atoms with Gasteiger partial charge in [-0.2, -0.15) is 9.40 Å². The molecule has 20 heavy (non-hydrogen) atoms. The second kappa shape index (κ2) is 5.31.